The summed E-state index contributed by atoms with van der Waals surface area (Å²) in [6, 6.07) is 23.4. The number of carbonyl (C=O) groups is 1. The zero-order chi connectivity index (χ0) is 23.5. The lowest BCUT2D eigenvalue weighted by Gasteiger charge is -2.19. The third kappa shape index (κ3) is 4.31. The van der Waals surface area contributed by atoms with E-state index in [1.54, 1.807) is 12.1 Å². The van der Waals surface area contributed by atoms with Crippen LogP contribution in [0.25, 0.3) is 32.7 Å². The molecule has 1 saturated carbocycles. The molecule has 0 aliphatic heterocycles. The van der Waals surface area contributed by atoms with Gasteiger partial charge in [-0.15, -0.1) is 6.58 Å². The van der Waals surface area contributed by atoms with Crippen molar-refractivity contribution in [1.82, 2.24) is 0 Å². The Labute approximate surface area is 200 Å². The number of aromatic hydroxyl groups is 1. The van der Waals surface area contributed by atoms with Crippen LogP contribution in [0.2, 0.25) is 0 Å². The van der Waals surface area contributed by atoms with Crippen LogP contribution in [-0.2, 0) is 4.79 Å². The van der Waals surface area contributed by atoms with Crippen LogP contribution in [0.15, 0.2) is 85.5 Å². The van der Waals surface area contributed by atoms with Gasteiger partial charge in [0.25, 0.3) is 0 Å². The first-order valence-electron chi connectivity index (χ1n) is 12.2. The number of esters is 1. The molecular weight excluding hydrogens is 420 g/mol. The summed E-state index contributed by atoms with van der Waals surface area (Å²) >= 11 is 0. The Morgan fingerprint density at radius 1 is 0.912 bits per heavy atom. The van der Waals surface area contributed by atoms with Gasteiger partial charge in [0.15, 0.2) is 0 Å². The summed E-state index contributed by atoms with van der Waals surface area (Å²) in [5.41, 5.74) is 1.41. The van der Waals surface area contributed by atoms with Gasteiger partial charge >= 0.3 is 5.97 Å². The number of hydrogen-bond acceptors (Lipinski definition) is 3. The van der Waals surface area contributed by atoms with Crippen LogP contribution in [-0.4, -0.2) is 11.1 Å². The molecule has 1 atom stereocenters. The number of phenolic OH excluding ortho intramolecular Hbond substituents is 1. The number of carbonyl (C=O) groups excluding carboxylic acids is 1. The van der Waals surface area contributed by atoms with Crippen molar-refractivity contribution in [3.8, 4) is 22.6 Å². The van der Waals surface area contributed by atoms with E-state index in [1.165, 1.54) is 25.7 Å². The molecule has 1 aliphatic carbocycles. The fourth-order valence-corrected chi connectivity index (χ4v) is 5.35. The molecule has 0 heterocycles. The Morgan fingerprint density at radius 3 is 2.21 bits per heavy atom. The number of phenols is 1. The van der Waals surface area contributed by atoms with E-state index in [0.717, 1.165) is 39.9 Å². The normalized spacial score (nSPS) is 14.9. The third-order valence-corrected chi connectivity index (χ3v) is 7.21. The molecule has 1 aliphatic rings. The fourth-order valence-electron chi connectivity index (χ4n) is 5.35. The highest BCUT2D eigenvalue weighted by Crippen LogP contribution is 2.45. The molecule has 1 fully saturated rings. The Bertz CT molecular complexity index is 1350. The smallest absolute Gasteiger partial charge is 0.318 e. The quantitative estimate of drug-likeness (QED) is 0.176. The van der Waals surface area contributed by atoms with Crippen molar-refractivity contribution in [1.29, 1.82) is 0 Å². The molecule has 0 amide bonds. The zero-order valence-corrected chi connectivity index (χ0v) is 19.4. The maximum Gasteiger partial charge on any atom is 0.318 e. The largest absolute Gasteiger partial charge is 0.507 e. The van der Waals surface area contributed by atoms with Gasteiger partial charge in [-0.2, -0.15) is 0 Å². The first kappa shape index (κ1) is 22.2. The van der Waals surface area contributed by atoms with Gasteiger partial charge in [0.1, 0.15) is 11.5 Å². The molecule has 4 aromatic rings. The van der Waals surface area contributed by atoms with Gasteiger partial charge in [-0.3, -0.25) is 4.79 Å². The fraction of sp³-hybridized carbons (Fsp3) is 0.258. The van der Waals surface area contributed by atoms with Gasteiger partial charge in [-0.05, 0) is 52.4 Å². The summed E-state index contributed by atoms with van der Waals surface area (Å²) in [5.74, 6) is 0.696. The van der Waals surface area contributed by atoms with Gasteiger partial charge in [0, 0.05) is 11.1 Å². The Hall–Kier alpha value is -3.59. The predicted octanol–water partition coefficient (Wildman–Crippen LogP) is 8.04. The van der Waals surface area contributed by atoms with Crippen molar-refractivity contribution in [2.75, 3.05) is 0 Å². The summed E-state index contributed by atoms with van der Waals surface area (Å²) in [6.07, 6.45) is 8.61. The lowest BCUT2D eigenvalue weighted by Crippen LogP contribution is -2.20. The standard InChI is InChI=1S/C31H30O3/c1-2-22(16-15-21-9-3-4-10-21)31(33)34-28-20-18-24-12-6-8-14-26(24)30(28)29-25-13-7-5-11-23(25)17-19-27(29)32/h2,5-8,11-14,17-22,32H,1,3-4,9-10,15-16H2/t22-/m0/s1. The van der Waals surface area contributed by atoms with Crippen molar-refractivity contribution in [2.45, 2.75) is 38.5 Å². The molecule has 0 spiro atoms. The molecule has 0 radical (unpaired) electrons. The molecule has 172 valence electrons. The maximum absolute atomic E-state index is 13.3. The van der Waals surface area contributed by atoms with Gasteiger partial charge in [-0.25, -0.2) is 0 Å². The van der Waals surface area contributed by atoms with Crippen molar-refractivity contribution < 1.29 is 14.6 Å². The molecular formula is C31H30O3. The lowest BCUT2D eigenvalue weighted by atomic mass is 9.92. The van der Waals surface area contributed by atoms with E-state index >= 15 is 0 Å². The second kappa shape index (κ2) is 9.72. The highest BCUT2D eigenvalue weighted by molar-refractivity contribution is 6.10. The van der Waals surface area contributed by atoms with Crippen LogP contribution in [0.5, 0.6) is 11.5 Å². The lowest BCUT2D eigenvalue weighted by molar-refractivity contribution is -0.137. The highest BCUT2D eigenvalue weighted by Gasteiger charge is 2.24. The topological polar surface area (TPSA) is 46.5 Å². The van der Waals surface area contributed by atoms with Gasteiger partial charge in [-0.1, -0.05) is 92.4 Å². The van der Waals surface area contributed by atoms with E-state index in [2.05, 4.69) is 6.58 Å². The van der Waals surface area contributed by atoms with E-state index in [0.29, 0.717) is 17.2 Å². The second-order valence-electron chi connectivity index (χ2n) is 9.33. The summed E-state index contributed by atoms with van der Waals surface area (Å²) in [7, 11) is 0. The zero-order valence-electron chi connectivity index (χ0n) is 19.4. The van der Waals surface area contributed by atoms with Crippen LogP contribution >= 0.6 is 0 Å². The predicted molar refractivity (Wildman–Crippen MR) is 139 cm³/mol. The Morgan fingerprint density at radius 2 is 1.53 bits per heavy atom. The summed E-state index contributed by atoms with van der Waals surface area (Å²) in [4.78, 5) is 13.3. The molecule has 3 heteroatoms. The number of benzene rings is 4. The van der Waals surface area contributed by atoms with Crippen LogP contribution < -0.4 is 4.74 Å². The second-order valence-corrected chi connectivity index (χ2v) is 9.33. The van der Waals surface area contributed by atoms with E-state index in [1.807, 2.05) is 66.7 Å². The minimum Gasteiger partial charge on any atom is -0.507 e. The molecule has 1 N–H and O–H groups in total. The molecule has 3 nitrogen and oxygen atoms in total. The van der Waals surface area contributed by atoms with Crippen molar-refractivity contribution in [2.24, 2.45) is 11.8 Å². The molecule has 4 aromatic carbocycles. The molecule has 5 rings (SSSR count). The average molecular weight is 451 g/mol. The SMILES string of the molecule is C=C[C@@H](CCC1CCCC1)C(=O)Oc1ccc2ccccc2c1-c1c(O)ccc2ccccc12. The van der Waals surface area contributed by atoms with Crippen LogP contribution in [0, 0.1) is 11.8 Å². The summed E-state index contributed by atoms with van der Waals surface area (Å²) in [6.45, 7) is 3.91. The molecule has 0 bridgehead atoms. The number of rotatable bonds is 7. The minimum absolute atomic E-state index is 0.161. The summed E-state index contributed by atoms with van der Waals surface area (Å²) < 4.78 is 6.06. The van der Waals surface area contributed by atoms with E-state index in [4.69, 9.17) is 4.74 Å². The highest BCUT2D eigenvalue weighted by atomic mass is 16.5. The van der Waals surface area contributed by atoms with Gasteiger partial charge < -0.3 is 9.84 Å². The van der Waals surface area contributed by atoms with E-state index < -0.39 is 0 Å². The molecule has 0 aromatic heterocycles. The summed E-state index contributed by atoms with van der Waals surface area (Å²) in [5, 5.41) is 14.9. The number of ether oxygens (including phenoxy) is 1. The van der Waals surface area contributed by atoms with Crippen LogP contribution in [0.4, 0.5) is 0 Å². The van der Waals surface area contributed by atoms with E-state index in [-0.39, 0.29) is 17.6 Å². The van der Waals surface area contributed by atoms with Crippen molar-refractivity contribution >= 4 is 27.5 Å². The first-order valence-corrected chi connectivity index (χ1v) is 12.2. The van der Waals surface area contributed by atoms with E-state index in [9.17, 15) is 9.90 Å². The number of fused-ring (bicyclic) bond motifs is 2. The Balaban J connectivity index is 1.57. The van der Waals surface area contributed by atoms with Crippen LogP contribution in [0.1, 0.15) is 38.5 Å². The molecule has 0 saturated heterocycles. The van der Waals surface area contributed by atoms with Gasteiger partial charge in [0.2, 0.25) is 0 Å². The van der Waals surface area contributed by atoms with Gasteiger partial charge in [0.05, 0.1) is 5.92 Å². The maximum atomic E-state index is 13.3. The number of hydrogen-bond donors (Lipinski definition) is 1. The minimum atomic E-state index is -0.346. The molecule has 0 unspecified atom stereocenters. The van der Waals surface area contributed by atoms with Crippen molar-refractivity contribution in [3.05, 3.63) is 85.5 Å². The Kier molecular flexibility index (Phi) is 6.35. The first-order chi connectivity index (χ1) is 16.7. The average Bonchev–Trinajstić information content (AvgIpc) is 3.38. The van der Waals surface area contributed by atoms with Crippen LogP contribution in [0.3, 0.4) is 0 Å². The van der Waals surface area contributed by atoms with Crippen molar-refractivity contribution in [3.63, 3.8) is 0 Å². The monoisotopic (exact) mass is 450 g/mol. The third-order valence-electron chi connectivity index (χ3n) is 7.21. The molecule has 34 heavy (non-hydrogen) atoms.